The summed E-state index contributed by atoms with van der Waals surface area (Å²) >= 11 is 0. The van der Waals surface area contributed by atoms with Crippen molar-refractivity contribution < 1.29 is 14.4 Å². The fraction of sp³-hybridized carbons (Fsp3) is 0.321. The molecule has 2 aliphatic heterocycles. The van der Waals surface area contributed by atoms with Crippen molar-refractivity contribution in [1.82, 2.24) is 20.4 Å². The molecular weight excluding hydrogens is 440 g/mol. The van der Waals surface area contributed by atoms with Gasteiger partial charge in [0, 0.05) is 25.7 Å². The highest BCUT2D eigenvalue weighted by Gasteiger charge is 2.49. The van der Waals surface area contributed by atoms with Crippen molar-refractivity contribution in [3.05, 3.63) is 83.9 Å². The first-order valence-corrected chi connectivity index (χ1v) is 12.1. The van der Waals surface area contributed by atoms with Gasteiger partial charge in [-0.15, -0.1) is 0 Å². The number of hydrogen-bond acceptors (Lipinski definition) is 4. The van der Waals surface area contributed by atoms with Gasteiger partial charge in [0.25, 0.3) is 5.91 Å². The van der Waals surface area contributed by atoms with Crippen LogP contribution in [0.5, 0.6) is 0 Å². The van der Waals surface area contributed by atoms with Gasteiger partial charge in [-0.05, 0) is 47.7 Å². The number of nitrogens with zero attached hydrogens (tertiary/aromatic N) is 2. The van der Waals surface area contributed by atoms with E-state index in [1.165, 1.54) is 5.56 Å². The summed E-state index contributed by atoms with van der Waals surface area (Å²) in [6, 6.07) is 23.4. The zero-order chi connectivity index (χ0) is 24.4. The molecule has 0 aliphatic carbocycles. The minimum Gasteiger partial charge on any atom is -0.352 e. The third kappa shape index (κ3) is 4.77. The first-order chi connectivity index (χ1) is 16.9. The van der Waals surface area contributed by atoms with E-state index in [2.05, 4.69) is 27.7 Å². The Morgan fingerprint density at radius 3 is 2.40 bits per heavy atom. The lowest BCUT2D eigenvalue weighted by Crippen LogP contribution is -2.48. The molecule has 7 heteroatoms. The summed E-state index contributed by atoms with van der Waals surface area (Å²) in [6.45, 7) is 4.10. The van der Waals surface area contributed by atoms with Crippen LogP contribution in [0.4, 0.5) is 4.79 Å². The number of nitrogens with one attached hydrogen (secondary N) is 2. The molecule has 4 amide bonds. The van der Waals surface area contributed by atoms with E-state index in [-0.39, 0.29) is 18.5 Å². The van der Waals surface area contributed by atoms with Crippen LogP contribution in [-0.2, 0) is 21.7 Å². The number of imide groups is 1. The van der Waals surface area contributed by atoms with Crippen molar-refractivity contribution in [3.8, 4) is 0 Å². The van der Waals surface area contributed by atoms with Crippen LogP contribution in [-0.4, -0.2) is 53.3 Å². The first-order valence-electron chi connectivity index (χ1n) is 12.1. The van der Waals surface area contributed by atoms with Gasteiger partial charge in [-0.3, -0.25) is 19.4 Å². The molecular formula is C28H30N4O3. The van der Waals surface area contributed by atoms with Crippen molar-refractivity contribution >= 4 is 28.6 Å². The molecule has 0 unspecified atom stereocenters. The number of hydrogen-bond donors (Lipinski definition) is 2. The Balaban J connectivity index is 1.17. The minimum atomic E-state index is -1.20. The number of rotatable bonds is 6. The Hall–Kier alpha value is -3.71. The summed E-state index contributed by atoms with van der Waals surface area (Å²) in [5.74, 6) is -0.719. The topological polar surface area (TPSA) is 81.8 Å². The van der Waals surface area contributed by atoms with Crippen LogP contribution in [0, 0.1) is 0 Å². The van der Waals surface area contributed by atoms with Gasteiger partial charge in [-0.1, -0.05) is 66.7 Å². The molecule has 5 rings (SSSR count). The summed E-state index contributed by atoms with van der Waals surface area (Å²) in [4.78, 5) is 42.1. The Labute approximate surface area is 205 Å². The predicted octanol–water partition coefficient (Wildman–Crippen LogP) is 3.39. The third-order valence-electron chi connectivity index (χ3n) is 7.11. The summed E-state index contributed by atoms with van der Waals surface area (Å²) in [6.07, 6.45) is 1.68. The molecule has 0 saturated carbocycles. The summed E-state index contributed by atoms with van der Waals surface area (Å²) < 4.78 is 0. The average Bonchev–Trinajstić information content (AvgIpc) is 3.09. The van der Waals surface area contributed by atoms with Crippen LogP contribution in [0.3, 0.4) is 0 Å². The number of urea groups is 1. The van der Waals surface area contributed by atoms with E-state index in [0.717, 1.165) is 48.1 Å². The molecule has 2 aliphatic rings. The second-order valence-electron chi connectivity index (χ2n) is 9.61. The van der Waals surface area contributed by atoms with Gasteiger partial charge in [-0.25, -0.2) is 4.79 Å². The summed E-state index contributed by atoms with van der Waals surface area (Å²) in [5, 5.41) is 7.87. The van der Waals surface area contributed by atoms with Gasteiger partial charge >= 0.3 is 6.03 Å². The molecule has 180 valence electrons. The predicted molar refractivity (Wildman–Crippen MR) is 134 cm³/mol. The van der Waals surface area contributed by atoms with E-state index in [1.54, 1.807) is 6.92 Å². The van der Waals surface area contributed by atoms with Gasteiger partial charge < -0.3 is 10.6 Å². The number of fused-ring (bicyclic) bond motifs is 1. The van der Waals surface area contributed by atoms with Crippen LogP contribution in [0.2, 0.25) is 0 Å². The zero-order valence-electron chi connectivity index (χ0n) is 19.9. The monoisotopic (exact) mass is 470 g/mol. The van der Waals surface area contributed by atoms with Crippen LogP contribution in [0.25, 0.3) is 10.8 Å². The second-order valence-corrected chi connectivity index (χ2v) is 9.61. The van der Waals surface area contributed by atoms with Crippen molar-refractivity contribution in [1.29, 1.82) is 0 Å². The van der Waals surface area contributed by atoms with Crippen LogP contribution >= 0.6 is 0 Å². The number of piperidine rings is 1. The Kier molecular flexibility index (Phi) is 6.26. The van der Waals surface area contributed by atoms with Crippen molar-refractivity contribution in [3.63, 3.8) is 0 Å². The molecule has 2 heterocycles. The largest absolute Gasteiger partial charge is 0.352 e. The Bertz CT molecular complexity index is 1250. The summed E-state index contributed by atoms with van der Waals surface area (Å²) in [7, 11) is 0. The highest BCUT2D eigenvalue weighted by Crippen LogP contribution is 2.31. The lowest BCUT2D eigenvalue weighted by Gasteiger charge is -2.32. The molecule has 2 fully saturated rings. The highest BCUT2D eigenvalue weighted by atomic mass is 16.2. The van der Waals surface area contributed by atoms with E-state index < -0.39 is 17.5 Å². The normalized spacial score (nSPS) is 21.3. The van der Waals surface area contributed by atoms with E-state index in [4.69, 9.17) is 0 Å². The molecule has 2 N–H and O–H groups in total. The average molecular weight is 471 g/mol. The number of amides is 4. The van der Waals surface area contributed by atoms with Gasteiger partial charge in [0.15, 0.2) is 0 Å². The molecule has 2 saturated heterocycles. The molecule has 0 bridgehead atoms. The maximum atomic E-state index is 13.3. The lowest BCUT2D eigenvalue weighted by molar-refractivity contribution is -0.135. The second kappa shape index (κ2) is 9.50. The fourth-order valence-electron chi connectivity index (χ4n) is 5.03. The number of carbonyl (C=O) groups is 3. The number of benzene rings is 3. The maximum Gasteiger partial charge on any atom is 0.325 e. The highest BCUT2D eigenvalue weighted by molar-refractivity contribution is 6.09. The Morgan fingerprint density at radius 1 is 0.971 bits per heavy atom. The number of likely N-dealkylation sites (tertiary alicyclic amines) is 1. The molecule has 0 spiro atoms. The molecule has 0 aromatic heterocycles. The lowest BCUT2D eigenvalue weighted by atomic mass is 9.90. The van der Waals surface area contributed by atoms with Crippen LogP contribution in [0.15, 0.2) is 72.8 Å². The maximum absolute atomic E-state index is 13.3. The smallest absolute Gasteiger partial charge is 0.325 e. The minimum absolute atomic E-state index is 0.0437. The zero-order valence-corrected chi connectivity index (χ0v) is 19.9. The van der Waals surface area contributed by atoms with Crippen molar-refractivity contribution in [2.24, 2.45) is 0 Å². The standard InChI is InChI=1S/C28H30N4O3/c1-28(23-12-11-21-9-5-6-10-22(21)17-23)26(34)32(27(35)30-28)19-25(33)29-24-13-15-31(16-14-24)18-20-7-3-2-4-8-20/h2-12,17,24H,13-16,18-19H2,1H3,(H,29,33)(H,30,35)/t28-/m1/s1. The van der Waals surface area contributed by atoms with Crippen LogP contribution < -0.4 is 10.6 Å². The van der Waals surface area contributed by atoms with Gasteiger partial charge in [0.05, 0.1) is 0 Å². The molecule has 3 aromatic rings. The molecule has 7 nitrogen and oxygen atoms in total. The third-order valence-corrected chi connectivity index (χ3v) is 7.11. The first kappa shape index (κ1) is 23.1. The quantitative estimate of drug-likeness (QED) is 0.541. The molecule has 35 heavy (non-hydrogen) atoms. The van der Waals surface area contributed by atoms with Crippen LogP contribution in [0.1, 0.15) is 30.9 Å². The van der Waals surface area contributed by atoms with Crippen molar-refractivity contribution in [2.45, 2.75) is 37.9 Å². The van der Waals surface area contributed by atoms with Gasteiger partial charge in [-0.2, -0.15) is 0 Å². The van der Waals surface area contributed by atoms with Gasteiger partial charge in [0.2, 0.25) is 5.91 Å². The van der Waals surface area contributed by atoms with E-state index >= 15 is 0 Å². The molecule has 1 atom stereocenters. The molecule has 3 aromatic carbocycles. The number of carbonyl (C=O) groups excluding carboxylic acids is 3. The van der Waals surface area contributed by atoms with E-state index in [9.17, 15) is 14.4 Å². The molecule has 0 radical (unpaired) electrons. The van der Waals surface area contributed by atoms with Crippen molar-refractivity contribution in [2.75, 3.05) is 19.6 Å². The Morgan fingerprint density at radius 2 is 1.66 bits per heavy atom. The van der Waals surface area contributed by atoms with E-state index in [0.29, 0.717) is 5.56 Å². The fourth-order valence-corrected chi connectivity index (χ4v) is 5.03. The SMILES string of the molecule is C[C@]1(c2ccc3ccccc3c2)NC(=O)N(CC(=O)NC2CCN(Cc3ccccc3)CC2)C1=O. The summed E-state index contributed by atoms with van der Waals surface area (Å²) in [5.41, 5.74) is 0.774. The van der Waals surface area contributed by atoms with E-state index in [1.807, 2.05) is 60.7 Å². The van der Waals surface area contributed by atoms with Gasteiger partial charge in [0.1, 0.15) is 12.1 Å².